The predicted octanol–water partition coefficient (Wildman–Crippen LogP) is 3.60. The van der Waals surface area contributed by atoms with E-state index in [1.54, 1.807) is 18.3 Å². The van der Waals surface area contributed by atoms with Gasteiger partial charge in [-0.25, -0.2) is 4.39 Å². The van der Waals surface area contributed by atoms with E-state index in [1.807, 2.05) is 24.3 Å². The number of rotatable bonds is 1. The van der Waals surface area contributed by atoms with Gasteiger partial charge in [0.15, 0.2) is 0 Å². The molecule has 0 unspecified atom stereocenters. The van der Waals surface area contributed by atoms with Gasteiger partial charge in [-0.2, -0.15) is 6.20 Å². The molecule has 1 heterocycles. The van der Waals surface area contributed by atoms with Gasteiger partial charge in [-0.1, -0.05) is 36.4 Å². The Morgan fingerprint density at radius 2 is 1.53 bits per heavy atom. The quantitative estimate of drug-likeness (QED) is 0.619. The summed E-state index contributed by atoms with van der Waals surface area (Å²) in [5.41, 5.74) is 3.04. The van der Waals surface area contributed by atoms with Crippen molar-refractivity contribution in [1.29, 1.82) is 0 Å². The van der Waals surface area contributed by atoms with E-state index >= 15 is 0 Å². The Kier molecular flexibility index (Phi) is 3.39. The van der Waals surface area contributed by atoms with Crippen molar-refractivity contribution < 1.29 is 23.9 Å². The van der Waals surface area contributed by atoms with Crippen molar-refractivity contribution >= 4 is 10.9 Å². The zero-order valence-electron chi connectivity index (χ0n) is 9.23. The molecule has 0 N–H and O–H groups in total. The molecule has 0 spiro atoms. The zero-order valence-corrected chi connectivity index (χ0v) is 12.2. The van der Waals surface area contributed by atoms with E-state index in [0.717, 1.165) is 22.0 Å². The smallest absolute Gasteiger partial charge is 0.123 e. The molecule has 0 fully saturated rings. The molecule has 0 bridgehead atoms. The molecule has 2 aromatic carbocycles. The van der Waals surface area contributed by atoms with Crippen molar-refractivity contribution in [2.45, 2.75) is 0 Å². The molecular formula is C14H9FNZn-. The van der Waals surface area contributed by atoms with Crippen molar-refractivity contribution in [3.05, 3.63) is 60.5 Å². The second-order valence-corrected chi connectivity index (χ2v) is 3.73. The molecule has 0 atom stereocenters. The van der Waals surface area contributed by atoms with Gasteiger partial charge in [0.05, 0.1) is 0 Å². The Morgan fingerprint density at radius 1 is 0.824 bits per heavy atom. The van der Waals surface area contributed by atoms with Gasteiger partial charge < -0.3 is 4.98 Å². The Hall–Kier alpha value is -1.47. The summed E-state index contributed by atoms with van der Waals surface area (Å²) >= 11 is 0. The molecule has 0 aliphatic heterocycles. The molecular weight excluding hydrogens is 267 g/mol. The molecule has 3 rings (SSSR count). The van der Waals surface area contributed by atoms with Gasteiger partial charge in [0, 0.05) is 19.5 Å². The Labute approximate surface area is 111 Å². The van der Waals surface area contributed by atoms with E-state index in [4.69, 9.17) is 0 Å². The minimum atomic E-state index is -0.212. The molecule has 0 saturated heterocycles. The minimum Gasteiger partial charge on any atom is -0.664 e. The van der Waals surface area contributed by atoms with Crippen LogP contribution in [0.5, 0.6) is 0 Å². The van der Waals surface area contributed by atoms with Crippen LogP contribution in [0.15, 0.2) is 54.7 Å². The third kappa shape index (κ3) is 2.30. The Balaban J connectivity index is 0.00000108. The summed E-state index contributed by atoms with van der Waals surface area (Å²) < 4.78 is 12.8. The molecule has 3 heteroatoms. The topological polar surface area (TPSA) is 14.1 Å². The van der Waals surface area contributed by atoms with Crippen molar-refractivity contribution in [3.63, 3.8) is 0 Å². The molecule has 1 aromatic heterocycles. The summed E-state index contributed by atoms with van der Waals surface area (Å²) in [5.74, 6) is -0.212. The molecule has 3 aromatic rings. The van der Waals surface area contributed by atoms with Gasteiger partial charge in [0.25, 0.3) is 0 Å². The summed E-state index contributed by atoms with van der Waals surface area (Å²) in [6.07, 6.45) is 1.79. The predicted molar refractivity (Wildman–Crippen MR) is 62.7 cm³/mol. The van der Waals surface area contributed by atoms with Crippen LogP contribution in [0.4, 0.5) is 4.39 Å². The van der Waals surface area contributed by atoms with Crippen molar-refractivity contribution in [2.24, 2.45) is 0 Å². The van der Waals surface area contributed by atoms with Crippen molar-refractivity contribution in [3.8, 4) is 11.1 Å². The van der Waals surface area contributed by atoms with Crippen LogP contribution in [0.3, 0.4) is 0 Å². The summed E-state index contributed by atoms with van der Waals surface area (Å²) in [6, 6.07) is 14.5. The summed E-state index contributed by atoms with van der Waals surface area (Å²) in [7, 11) is 0. The number of hydrogen-bond donors (Lipinski definition) is 0. The standard InChI is InChI=1S/C14H9FN.Zn/c15-13-5-3-10(4-6-13)12-2-1-11-7-8-16-14(11)9-12;/h1-9H;/q-1;. The molecule has 0 radical (unpaired) electrons. The first-order valence-electron chi connectivity index (χ1n) is 5.10. The van der Waals surface area contributed by atoms with Crippen LogP contribution in [-0.4, -0.2) is 0 Å². The Bertz CT molecular complexity index is 628. The molecule has 80 valence electrons. The maximum atomic E-state index is 12.8. The second-order valence-electron chi connectivity index (χ2n) is 3.73. The van der Waals surface area contributed by atoms with E-state index in [9.17, 15) is 4.39 Å². The van der Waals surface area contributed by atoms with E-state index in [0.29, 0.717) is 0 Å². The van der Waals surface area contributed by atoms with Crippen molar-refractivity contribution in [2.75, 3.05) is 0 Å². The molecule has 0 aliphatic rings. The average molecular weight is 276 g/mol. The molecule has 0 saturated carbocycles. The van der Waals surface area contributed by atoms with Gasteiger partial charge in [-0.05, 0) is 28.6 Å². The number of aromatic nitrogens is 1. The third-order valence-electron chi connectivity index (χ3n) is 2.68. The van der Waals surface area contributed by atoms with Gasteiger partial charge in [-0.3, -0.25) is 0 Å². The normalized spacial score (nSPS) is 10.2. The van der Waals surface area contributed by atoms with Crippen LogP contribution in [0.25, 0.3) is 22.0 Å². The first-order valence-corrected chi connectivity index (χ1v) is 5.10. The molecule has 0 aliphatic carbocycles. The van der Waals surface area contributed by atoms with Crippen LogP contribution in [0.2, 0.25) is 0 Å². The second kappa shape index (κ2) is 4.81. The van der Waals surface area contributed by atoms with Crippen LogP contribution < -0.4 is 4.98 Å². The zero-order chi connectivity index (χ0) is 11.0. The van der Waals surface area contributed by atoms with Crippen LogP contribution >= 0.6 is 0 Å². The fraction of sp³-hybridized carbons (Fsp3) is 0. The van der Waals surface area contributed by atoms with Crippen LogP contribution in [0, 0.1) is 5.82 Å². The number of nitrogens with zero attached hydrogens (tertiary/aromatic N) is 1. The third-order valence-corrected chi connectivity index (χ3v) is 2.68. The van der Waals surface area contributed by atoms with E-state index in [2.05, 4.69) is 4.98 Å². The Morgan fingerprint density at radius 3 is 2.29 bits per heavy atom. The number of hydrogen-bond acceptors (Lipinski definition) is 0. The number of benzene rings is 2. The van der Waals surface area contributed by atoms with E-state index in [-0.39, 0.29) is 25.3 Å². The maximum Gasteiger partial charge on any atom is 0.123 e. The average Bonchev–Trinajstić information content (AvgIpc) is 2.77. The van der Waals surface area contributed by atoms with Crippen LogP contribution in [0.1, 0.15) is 0 Å². The van der Waals surface area contributed by atoms with Gasteiger partial charge in [-0.15, -0.1) is 5.52 Å². The molecule has 17 heavy (non-hydrogen) atoms. The van der Waals surface area contributed by atoms with E-state index < -0.39 is 0 Å². The largest absolute Gasteiger partial charge is 0.664 e. The van der Waals surface area contributed by atoms with Crippen LogP contribution in [-0.2, 0) is 19.5 Å². The van der Waals surface area contributed by atoms with E-state index in [1.165, 1.54) is 12.1 Å². The van der Waals surface area contributed by atoms with Crippen molar-refractivity contribution in [1.82, 2.24) is 4.98 Å². The maximum absolute atomic E-state index is 12.8. The molecule has 0 amide bonds. The summed E-state index contributed by atoms with van der Waals surface area (Å²) in [6.45, 7) is 0. The number of halogens is 1. The number of fused-ring (bicyclic) bond motifs is 1. The van der Waals surface area contributed by atoms with Gasteiger partial charge >= 0.3 is 0 Å². The van der Waals surface area contributed by atoms with Gasteiger partial charge in [0.1, 0.15) is 5.82 Å². The molecule has 1 nitrogen and oxygen atoms in total. The fourth-order valence-corrected chi connectivity index (χ4v) is 1.82. The summed E-state index contributed by atoms with van der Waals surface area (Å²) in [4.78, 5) is 4.25. The SMILES string of the molecule is Fc1ccc(-c2ccc3cc[n-]c3c2)cc1.[Zn]. The fourth-order valence-electron chi connectivity index (χ4n) is 1.82. The summed E-state index contributed by atoms with van der Waals surface area (Å²) in [5, 5.41) is 1.13. The first kappa shape index (κ1) is 12.0. The first-order chi connectivity index (χ1) is 7.83. The monoisotopic (exact) mass is 274 g/mol. The van der Waals surface area contributed by atoms with Gasteiger partial charge in [0.2, 0.25) is 0 Å². The minimum absolute atomic E-state index is 0.